The predicted molar refractivity (Wildman–Crippen MR) is 80.7 cm³/mol. The van der Waals surface area contributed by atoms with E-state index in [1.807, 2.05) is 4.72 Å². The number of amides is 3. The standard InChI is InChI=1S/C14H13N3O4S/c15-14(19)16-11-8-4-5-9-12(11)22(20,21)17-13(18)10-6-2-1-3-7-10/h1-9H,(H,17,18)(H3,15,16,19). The van der Waals surface area contributed by atoms with Crippen molar-refractivity contribution in [2.24, 2.45) is 5.73 Å². The van der Waals surface area contributed by atoms with E-state index in [0.29, 0.717) is 0 Å². The maximum absolute atomic E-state index is 12.3. The smallest absolute Gasteiger partial charge is 0.316 e. The zero-order chi connectivity index (χ0) is 16.2. The van der Waals surface area contributed by atoms with Crippen molar-refractivity contribution in [2.75, 3.05) is 5.32 Å². The molecule has 2 aromatic carbocycles. The highest BCUT2D eigenvalue weighted by Gasteiger charge is 2.22. The van der Waals surface area contributed by atoms with E-state index in [0.717, 1.165) is 0 Å². The summed E-state index contributed by atoms with van der Waals surface area (Å²) in [6.07, 6.45) is 0. The molecular weight excluding hydrogens is 306 g/mol. The Kier molecular flexibility index (Phi) is 4.42. The third-order valence-electron chi connectivity index (χ3n) is 2.70. The number of carbonyl (C=O) groups is 2. The molecule has 0 aromatic heterocycles. The summed E-state index contributed by atoms with van der Waals surface area (Å²) in [5, 5.41) is 2.20. The highest BCUT2D eigenvalue weighted by atomic mass is 32.2. The highest BCUT2D eigenvalue weighted by molar-refractivity contribution is 7.90. The van der Waals surface area contributed by atoms with Crippen LogP contribution in [0.3, 0.4) is 0 Å². The van der Waals surface area contributed by atoms with Crippen LogP contribution in [-0.2, 0) is 10.0 Å². The van der Waals surface area contributed by atoms with Gasteiger partial charge in [0.1, 0.15) is 4.90 Å². The number of anilines is 1. The Morgan fingerprint density at radius 2 is 1.50 bits per heavy atom. The zero-order valence-electron chi connectivity index (χ0n) is 11.3. The molecule has 0 unspecified atom stereocenters. The minimum absolute atomic E-state index is 0.0108. The van der Waals surface area contributed by atoms with Gasteiger partial charge in [0.05, 0.1) is 5.69 Å². The number of hydrogen-bond acceptors (Lipinski definition) is 4. The lowest BCUT2D eigenvalue weighted by Crippen LogP contribution is -2.31. The van der Waals surface area contributed by atoms with Crippen molar-refractivity contribution in [2.45, 2.75) is 4.90 Å². The molecule has 0 aliphatic carbocycles. The van der Waals surface area contributed by atoms with Gasteiger partial charge in [0.15, 0.2) is 0 Å². The average Bonchev–Trinajstić information content (AvgIpc) is 2.47. The fourth-order valence-electron chi connectivity index (χ4n) is 1.76. The quantitative estimate of drug-likeness (QED) is 0.787. The van der Waals surface area contributed by atoms with Gasteiger partial charge in [-0.05, 0) is 24.3 Å². The van der Waals surface area contributed by atoms with Gasteiger partial charge in [0.2, 0.25) is 0 Å². The predicted octanol–water partition coefficient (Wildman–Crippen LogP) is 1.30. The Hall–Kier alpha value is -2.87. The number of nitrogens with two attached hydrogens (primary N) is 1. The minimum Gasteiger partial charge on any atom is -0.351 e. The van der Waals surface area contributed by atoms with Gasteiger partial charge in [-0.2, -0.15) is 0 Å². The first-order valence-electron chi connectivity index (χ1n) is 6.18. The fourth-order valence-corrected chi connectivity index (χ4v) is 2.90. The Morgan fingerprint density at radius 3 is 2.14 bits per heavy atom. The molecule has 0 aliphatic rings. The van der Waals surface area contributed by atoms with Crippen molar-refractivity contribution >= 4 is 27.6 Å². The molecule has 3 amide bonds. The van der Waals surface area contributed by atoms with Crippen LogP contribution < -0.4 is 15.8 Å². The van der Waals surface area contributed by atoms with E-state index in [1.54, 1.807) is 18.2 Å². The molecule has 2 rings (SSSR count). The normalized spacial score (nSPS) is 10.7. The van der Waals surface area contributed by atoms with Crippen molar-refractivity contribution in [3.8, 4) is 0 Å². The van der Waals surface area contributed by atoms with Crippen LogP contribution >= 0.6 is 0 Å². The third-order valence-corrected chi connectivity index (χ3v) is 4.09. The zero-order valence-corrected chi connectivity index (χ0v) is 12.1. The van der Waals surface area contributed by atoms with Crippen LogP contribution in [0.15, 0.2) is 59.5 Å². The van der Waals surface area contributed by atoms with E-state index in [2.05, 4.69) is 5.32 Å². The average molecular weight is 319 g/mol. The van der Waals surface area contributed by atoms with Gasteiger partial charge in [-0.3, -0.25) is 4.79 Å². The van der Waals surface area contributed by atoms with Gasteiger partial charge < -0.3 is 11.1 Å². The maximum Gasteiger partial charge on any atom is 0.316 e. The number of rotatable bonds is 4. The van der Waals surface area contributed by atoms with E-state index in [-0.39, 0.29) is 16.1 Å². The molecule has 0 heterocycles. The molecule has 0 aliphatic heterocycles. The Morgan fingerprint density at radius 1 is 0.909 bits per heavy atom. The third kappa shape index (κ3) is 3.61. The number of urea groups is 1. The van der Waals surface area contributed by atoms with Crippen LogP contribution in [0.25, 0.3) is 0 Å². The number of nitrogens with one attached hydrogen (secondary N) is 2. The number of hydrogen-bond donors (Lipinski definition) is 3. The van der Waals surface area contributed by atoms with Crippen LogP contribution in [0.2, 0.25) is 0 Å². The summed E-state index contributed by atoms with van der Waals surface area (Å²) in [6, 6.07) is 12.6. The van der Waals surface area contributed by atoms with E-state index in [9.17, 15) is 18.0 Å². The molecule has 0 saturated carbocycles. The summed E-state index contributed by atoms with van der Waals surface area (Å²) in [7, 11) is -4.15. The van der Waals surface area contributed by atoms with Crippen molar-refractivity contribution in [1.82, 2.24) is 4.72 Å². The maximum atomic E-state index is 12.3. The fraction of sp³-hybridized carbons (Fsp3) is 0. The first kappa shape index (κ1) is 15.5. The number of benzene rings is 2. The van der Waals surface area contributed by atoms with Gasteiger partial charge in [0.25, 0.3) is 15.9 Å². The van der Waals surface area contributed by atoms with Crippen LogP contribution in [0.1, 0.15) is 10.4 Å². The van der Waals surface area contributed by atoms with Gasteiger partial charge >= 0.3 is 6.03 Å². The molecule has 114 valence electrons. The largest absolute Gasteiger partial charge is 0.351 e. The van der Waals surface area contributed by atoms with Crippen LogP contribution in [0.4, 0.5) is 10.5 Å². The van der Waals surface area contributed by atoms with Crippen LogP contribution in [0, 0.1) is 0 Å². The van der Waals surface area contributed by atoms with Gasteiger partial charge in [-0.25, -0.2) is 17.9 Å². The van der Waals surface area contributed by atoms with E-state index < -0.39 is 22.0 Å². The summed E-state index contributed by atoms with van der Waals surface area (Å²) >= 11 is 0. The molecule has 0 saturated heterocycles. The van der Waals surface area contributed by atoms with Crippen LogP contribution in [-0.4, -0.2) is 20.4 Å². The van der Waals surface area contributed by atoms with Gasteiger partial charge in [-0.15, -0.1) is 0 Å². The summed E-state index contributed by atoms with van der Waals surface area (Å²) in [5.41, 5.74) is 5.19. The summed E-state index contributed by atoms with van der Waals surface area (Å²) in [6.45, 7) is 0. The lowest BCUT2D eigenvalue weighted by molar-refractivity contribution is 0.0981. The number of para-hydroxylation sites is 1. The van der Waals surface area contributed by atoms with Crippen molar-refractivity contribution in [3.63, 3.8) is 0 Å². The monoisotopic (exact) mass is 319 g/mol. The van der Waals surface area contributed by atoms with E-state index >= 15 is 0 Å². The summed E-state index contributed by atoms with van der Waals surface area (Å²) < 4.78 is 26.5. The van der Waals surface area contributed by atoms with E-state index in [1.165, 1.54) is 36.4 Å². The topological polar surface area (TPSA) is 118 Å². The number of carbonyl (C=O) groups excluding carboxylic acids is 2. The molecule has 22 heavy (non-hydrogen) atoms. The number of sulfonamides is 1. The molecule has 7 nitrogen and oxygen atoms in total. The van der Waals surface area contributed by atoms with E-state index in [4.69, 9.17) is 5.73 Å². The molecule has 2 aromatic rings. The molecule has 8 heteroatoms. The number of primary amides is 1. The first-order valence-corrected chi connectivity index (χ1v) is 7.66. The SMILES string of the molecule is NC(=O)Nc1ccccc1S(=O)(=O)NC(=O)c1ccccc1. The summed E-state index contributed by atoms with van der Waals surface area (Å²) in [4.78, 5) is 22.6. The molecule has 0 fully saturated rings. The lowest BCUT2D eigenvalue weighted by Gasteiger charge is -2.11. The van der Waals surface area contributed by atoms with Crippen molar-refractivity contribution in [1.29, 1.82) is 0 Å². The lowest BCUT2D eigenvalue weighted by atomic mass is 10.2. The minimum atomic E-state index is -4.15. The molecule has 4 N–H and O–H groups in total. The molecule has 0 radical (unpaired) electrons. The van der Waals surface area contributed by atoms with Crippen LogP contribution in [0.5, 0.6) is 0 Å². The second kappa shape index (κ2) is 6.27. The van der Waals surface area contributed by atoms with Gasteiger partial charge in [0, 0.05) is 5.56 Å². The molecule has 0 spiro atoms. The van der Waals surface area contributed by atoms with Crippen molar-refractivity contribution < 1.29 is 18.0 Å². The Balaban J connectivity index is 2.32. The second-order valence-electron chi connectivity index (χ2n) is 4.29. The van der Waals surface area contributed by atoms with Gasteiger partial charge in [-0.1, -0.05) is 30.3 Å². The molecule has 0 bridgehead atoms. The summed E-state index contributed by atoms with van der Waals surface area (Å²) in [5.74, 6) is -0.769. The first-order chi connectivity index (χ1) is 10.4. The van der Waals surface area contributed by atoms with Crippen molar-refractivity contribution in [3.05, 3.63) is 60.2 Å². The Labute approximate surface area is 127 Å². The molecular formula is C14H13N3O4S. The Bertz CT molecular complexity index is 804. The molecule has 0 atom stereocenters. The second-order valence-corrected chi connectivity index (χ2v) is 5.94. The highest BCUT2D eigenvalue weighted by Crippen LogP contribution is 2.20.